The van der Waals surface area contributed by atoms with Gasteiger partial charge >= 0.3 is 0 Å². The largest absolute Gasteiger partial charge is 0.389 e. The van der Waals surface area contributed by atoms with Gasteiger partial charge in [-0.05, 0) is 40.2 Å². The summed E-state index contributed by atoms with van der Waals surface area (Å²) in [5, 5.41) is 10.5. The topological polar surface area (TPSA) is 61.7 Å². The summed E-state index contributed by atoms with van der Waals surface area (Å²) in [6, 6.07) is 18.9. The zero-order valence-corrected chi connectivity index (χ0v) is 22.4. The Labute approximate surface area is 216 Å². The summed E-state index contributed by atoms with van der Waals surface area (Å²) in [7, 11) is 0. The maximum Gasteiger partial charge on any atom is 0.161 e. The summed E-state index contributed by atoms with van der Waals surface area (Å²) in [5.41, 5.74) is 5.54. The number of ether oxygens (including phenoxy) is 1. The Kier molecular flexibility index (Phi) is 8.39. The third-order valence-corrected chi connectivity index (χ3v) is 6.54. The van der Waals surface area contributed by atoms with Crippen LogP contribution in [0.5, 0.6) is 0 Å². The number of nitrogens with zero attached hydrogens (tertiary/aromatic N) is 4. The van der Waals surface area contributed by atoms with E-state index in [9.17, 15) is 5.11 Å². The van der Waals surface area contributed by atoms with E-state index in [4.69, 9.17) is 14.7 Å². The van der Waals surface area contributed by atoms with Crippen molar-refractivity contribution >= 4 is 5.82 Å². The minimum absolute atomic E-state index is 0.241. The fourth-order valence-electron chi connectivity index (χ4n) is 4.63. The third kappa shape index (κ3) is 7.12. The van der Waals surface area contributed by atoms with Gasteiger partial charge in [-0.1, -0.05) is 60.2 Å². The van der Waals surface area contributed by atoms with Crippen LogP contribution in [-0.2, 0) is 11.2 Å². The first-order valence-corrected chi connectivity index (χ1v) is 13.0. The number of aromatic nitrogens is 2. The van der Waals surface area contributed by atoms with Crippen molar-refractivity contribution in [2.24, 2.45) is 0 Å². The summed E-state index contributed by atoms with van der Waals surface area (Å²) >= 11 is 0. The van der Waals surface area contributed by atoms with E-state index >= 15 is 0 Å². The number of aryl methyl sites for hydroxylation is 2. The van der Waals surface area contributed by atoms with Crippen molar-refractivity contribution < 1.29 is 9.84 Å². The average molecular weight is 489 g/mol. The molecule has 36 heavy (non-hydrogen) atoms. The van der Waals surface area contributed by atoms with Crippen molar-refractivity contribution in [2.45, 2.75) is 52.7 Å². The number of anilines is 1. The maximum atomic E-state index is 10.5. The molecule has 0 amide bonds. The van der Waals surface area contributed by atoms with Crippen LogP contribution in [0.3, 0.4) is 0 Å². The number of hydrogen-bond donors (Lipinski definition) is 1. The summed E-state index contributed by atoms with van der Waals surface area (Å²) < 4.78 is 5.77. The van der Waals surface area contributed by atoms with Crippen LogP contribution in [0.1, 0.15) is 43.2 Å². The van der Waals surface area contributed by atoms with Gasteiger partial charge in [-0.3, -0.25) is 4.90 Å². The number of aliphatic hydroxyl groups is 1. The minimum atomic E-state index is -0.487. The quantitative estimate of drug-likeness (QED) is 0.498. The summed E-state index contributed by atoms with van der Waals surface area (Å²) in [4.78, 5) is 14.7. The third-order valence-electron chi connectivity index (χ3n) is 6.54. The van der Waals surface area contributed by atoms with Crippen LogP contribution in [0.4, 0.5) is 5.82 Å². The Morgan fingerprint density at radius 2 is 1.67 bits per heavy atom. The second kappa shape index (κ2) is 11.5. The Hall–Kier alpha value is -2.80. The van der Waals surface area contributed by atoms with Crippen molar-refractivity contribution in [2.75, 3.05) is 44.2 Å². The number of β-amino-alcohol motifs (C(OH)–C–C–N with tert-alkyl or cyclic N) is 1. The molecular formula is C30H40N4O2. The van der Waals surface area contributed by atoms with Crippen molar-refractivity contribution in [1.82, 2.24) is 14.9 Å². The molecule has 1 aromatic heterocycles. The number of hydrogen-bond acceptors (Lipinski definition) is 6. The Bertz CT molecular complexity index is 1140. The van der Waals surface area contributed by atoms with E-state index in [0.717, 1.165) is 55.5 Å². The first-order chi connectivity index (χ1) is 17.2. The van der Waals surface area contributed by atoms with Crippen LogP contribution in [0.15, 0.2) is 54.6 Å². The van der Waals surface area contributed by atoms with Gasteiger partial charge in [0, 0.05) is 56.0 Å². The standard InChI is InChI=1S/C30H40N4O2/c1-22-10-9-11-24(18-22)19-27-23(2)31-28(25-12-7-6-8-13-25)32-29(27)34-16-14-33(15-17-34)20-26(35)21-36-30(3,4)5/h6-13,18,26,35H,14-17,19-21H2,1-5H3/t26-/m0/s1. The van der Waals surface area contributed by atoms with E-state index in [1.54, 1.807) is 0 Å². The second-order valence-corrected chi connectivity index (χ2v) is 10.8. The van der Waals surface area contributed by atoms with Crippen LogP contribution >= 0.6 is 0 Å². The molecule has 1 aliphatic heterocycles. The molecule has 1 N–H and O–H groups in total. The van der Waals surface area contributed by atoms with Gasteiger partial charge in [0.05, 0.1) is 18.3 Å². The molecule has 1 fully saturated rings. The van der Waals surface area contributed by atoms with Crippen LogP contribution < -0.4 is 4.90 Å². The molecule has 0 bridgehead atoms. The molecule has 6 nitrogen and oxygen atoms in total. The van der Waals surface area contributed by atoms with Gasteiger partial charge in [0.15, 0.2) is 5.82 Å². The van der Waals surface area contributed by atoms with Crippen LogP contribution in [0.25, 0.3) is 11.4 Å². The number of piperazine rings is 1. The molecule has 2 heterocycles. The van der Waals surface area contributed by atoms with Crippen molar-refractivity contribution in [3.63, 3.8) is 0 Å². The second-order valence-electron chi connectivity index (χ2n) is 10.8. The zero-order valence-electron chi connectivity index (χ0n) is 22.4. The van der Waals surface area contributed by atoms with Gasteiger partial charge < -0.3 is 14.7 Å². The lowest BCUT2D eigenvalue weighted by molar-refractivity contribution is -0.0563. The molecule has 0 radical (unpaired) electrons. The number of aliphatic hydroxyl groups excluding tert-OH is 1. The Morgan fingerprint density at radius 1 is 0.944 bits per heavy atom. The molecule has 6 heteroatoms. The highest BCUT2D eigenvalue weighted by atomic mass is 16.5. The summed E-state index contributed by atoms with van der Waals surface area (Å²) in [6.07, 6.45) is 0.319. The highest BCUT2D eigenvalue weighted by Crippen LogP contribution is 2.28. The normalized spacial score (nSPS) is 15.8. The van der Waals surface area contributed by atoms with Gasteiger partial charge in [-0.25, -0.2) is 9.97 Å². The highest BCUT2D eigenvalue weighted by Gasteiger charge is 2.25. The molecule has 2 aromatic carbocycles. The van der Waals surface area contributed by atoms with Crippen LogP contribution in [-0.4, -0.2) is 71.0 Å². The molecular weight excluding hydrogens is 448 g/mol. The Balaban J connectivity index is 1.53. The van der Waals surface area contributed by atoms with Gasteiger partial charge in [-0.2, -0.15) is 0 Å². The van der Waals surface area contributed by atoms with Gasteiger partial charge in [0.2, 0.25) is 0 Å². The lowest BCUT2D eigenvalue weighted by Crippen LogP contribution is -2.50. The minimum Gasteiger partial charge on any atom is -0.389 e. The van der Waals surface area contributed by atoms with E-state index in [1.807, 2.05) is 39.0 Å². The first kappa shape index (κ1) is 26.3. The average Bonchev–Trinajstić information content (AvgIpc) is 2.85. The van der Waals surface area contributed by atoms with Crippen LogP contribution in [0, 0.1) is 13.8 Å². The lowest BCUT2D eigenvalue weighted by atomic mass is 10.0. The number of rotatable bonds is 8. The van der Waals surface area contributed by atoms with Gasteiger partial charge in [0.25, 0.3) is 0 Å². The first-order valence-electron chi connectivity index (χ1n) is 13.0. The molecule has 1 aliphatic rings. The van der Waals surface area contributed by atoms with Crippen LogP contribution in [0.2, 0.25) is 0 Å². The van der Waals surface area contributed by atoms with E-state index in [1.165, 1.54) is 16.7 Å². The smallest absolute Gasteiger partial charge is 0.161 e. The number of benzene rings is 2. The molecule has 0 saturated carbocycles. The molecule has 0 unspecified atom stereocenters. The molecule has 3 aromatic rings. The molecule has 4 rings (SSSR count). The van der Waals surface area contributed by atoms with E-state index in [2.05, 4.69) is 60.0 Å². The van der Waals surface area contributed by atoms with E-state index < -0.39 is 6.10 Å². The van der Waals surface area contributed by atoms with Crippen molar-refractivity contribution in [1.29, 1.82) is 0 Å². The van der Waals surface area contributed by atoms with Crippen molar-refractivity contribution in [3.05, 3.63) is 77.0 Å². The molecule has 192 valence electrons. The zero-order chi connectivity index (χ0) is 25.7. The molecule has 0 aliphatic carbocycles. The maximum absolute atomic E-state index is 10.5. The van der Waals surface area contributed by atoms with Gasteiger partial charge in [0.1, 0.15) is 5.82 Å². The molecule has 1 atom stereocenters. The predicted octanol–water partition coefficient (Wildman–Crippen LogP) is 4.65. The highest BCUT2D eigenvalue weighted by molar-refractivity contribution is 5.61. The van der Waals surface area contributed by atoms with Gasteiger partial charge in [-0.15, -0.1) is 0 Å². The fraction of sp³-hybridized carbons (Fsp3) is 0.467. The van der Waals surface area contributed by atoms with E-state index in [0.29, 0.717) is 13.2 Å². The van der Waals surface area contributed by atoms with Crippen molar-refractivity contribution in [3.8, 4) is 11.4 Å². The predicted molar refractivity (Wildman–Crippen MR) is 147 cm³/mol. The Morgan fingerprint density at radius 3 is 2.33 bits per heavy atom. The summed E-state index contributed by atoms with van der Waals surface area (Å²) in [5.74, 6) is 1.80. The summed E-state index contributed by atoms with van der Waals surface area (Å²) in [6.45, 7) is 14.7. The SMILES string of the molecule is Cc1cccc(Cc2c(C)nc(-c3ccccc3)nc2N2CCN(C[C@H](O)COC(C)(C)C)CC2)c1. The molecule has 1 saturated heterocycles. The fourth-order valence-corrected chi connectivity index (χ4v) is 4.63. The van der Waals surface area contributed by atoms with E-state index in [-0.39, 0.29) is 5.60 Å². The monoisotopic (exact) mass is 488 g/mol. The lowest BCUT2D eigenvalue weighted by Gasteiger charge is -2.37. The molecule has 0 spiro atoms.